The number of hydrogen-bond donors (Lipinski definition) is 0. The van der Waals surface area contributed by atoms with Crippen LogP contribution in [0.2, 0.25) is 0 Å². The van der Waals surface area contributed by atoms with E-state index in [1.54, 1.807) is 4.74 Å². The van der Waals surface area contributed by atoms with E-state index in [2.05, 4.69) is 0 Å². The molecule has 1 nitrogen and oxygen atoms in total. The van der Waals surface area contributed by atoms with Crippen LogP contribution in [0.4, 0.5) is 0 Å². The van der Waals surface area contributed by atoms with Crippen LogP contribution in [0.3, 0.4) is 0 Å². The molecule has 0 spiro atoms. The van der Waals surface area contributed by atoms with Crippen molar-refractivity contribution >= 4 is 17.7 Å². The van der Waals surface area contributed by atoms with Crippen LogP contribution in [0, 0.1) is 10.0 Å². The fraction of sp³-hybridized carbons (Fsp3) is 0. The van der Waals surface area contributed by atoms with E-state index in [-0.39, 0.29) is 22.4 Å². The molecule has 1 radical (unpaired) electrons. The van der Waals surface area contributed by atoms with Gasteiger partial charge in [0.1, 0.15) is 0 Å². The second-order valence-corrected chi connectivity index (χ2v) is 0.224. The third kappa shape index (κ3) is 13.8. The van der Waals surface area contributed by atoms with E-state index in [1.165, 1.54) is 17.7 Å². The molecule has 0 amide bonds. The van der Waals surface area contributed by atoms with Gasteiger partial charge in [-0.05, 0) is 0 Å². The van der Waals surface area contributed by atoms with Crippen molar-refractivity contribution in [2.24, 2.45) is 0 Å². The molecule has 0 aliphatic heterocycles. The van der Waals surface area contributed by atoms with E-state index in [4.69, 9.17) is 5.26 Å². The first-order valence-corrected chi connectivity index (χ1v) is 0.724. The summed E-state index contributed by atoms with van der Waals surface area (Å²) in [5.41, 5.74) is 0. The average molecular weight is 230 g/mol. The maximum atomic E-state index is 7.32. The van der Waals surface area contributed by atoms with Gasteiger partial charge < -0.3 is 0 Å². The first kappa shape index (κ1) is 8.85. The predicted octanol–water partition coefficient (Wildman–Crippen LogP) is -0.367. The van der Waals surface area contributed by atoms with Crippen LogP contribution in [-0.4, -0.2) is 17.7 Å². The Morgan fingerprint density at radius 2 is 1.75 bits per heavy atom. The van der Waals surface area contributed by atoms with Crippen LogP contribution in [0.25, 0.3) is 0 Å². The van der Waals surface area contributed by atoms with Crippen molar-refractivity contribution < 1.29 is 22.4 Å². The molecule has 0 atom stereocenters. The van der Waals surface area contributed by atoms with Crippen molar-refractivity contribution in [3.8, 4) is 4.74 Å². The van der Waals surface area contributed by atoms with Gasteiger partial charge in [-0.1, -0.05) is 0 Å². The molecular weight excluding hydrogens is 230 g/mol. The van der Waals surface area contributed by atoms with Gasteiger partial charge in [0.2, 0.25) is 0 Å². The van der Waals surface area contributed by atoms with Crippen molar-refractivity contribution in [3.63, 3.8) is 0 Å². The molecule has 0 bridgehead atoms. The molecule has 4 heavy (non-hydrogen) atoms. The monoisotopic (exact) mass is 230 g/mol. The van der Waals surface area contributed by atoms with E-state index >= 15 is 0 Å². The first-order chi connectivity index (χ1) is 1.41. The van der Waals surface area contributed by atoms with Crippen molar-refractivity contribution in [2.75, 3.05) is 0 Å². The zero-order valence-electron chi connectivity index (χ0n) is 2.25. The average Bonchev–Trinajstić information content (AvgIpc) is 0.918. The predicted molar refractivity (Wildman–Crippen MR) is 11.4 cm³/mol. The summed E-state index contributed by atoms with van der Waals surface area (Å²) >= 11 is 1.43. The van der Waals surface area contributed by atoms with Crippen molar-refractivity contribution in [2.45, 2.75) is 0 Å². The van der Waals surface area contributed by atoms with E-state index in [0.29, 0.717) is 0 Å². The summed E-state index contributed by atoms with van der Waals surface area (Å²) in [6, 6.07) is 0. The molecule has 0 rings (SSSR count). The Labute approximate surface area is 50.1 Å². The zero-order chi connectivity index (χ0) is 2.71. The number of hydrogen-bond acceptors (Lipinski definition) is 1. The van der Waals surface area contributed by atoms with Crippen LogP contribution in [0.5, 0.6) is 0 Å². The molecule has 21 valence electrons. The quantitative estimate of drug-likeness (QED) is 0.521. The molecule has 0 aliphatic carbocycles. The SMILES string of the molecule is [Au].[Li][C]#N. The molecule has 0 aromatic rings. The first-order valence-electron chi connectivity index (χ1n) is 0.724. The van der Waals surface area contributed by atoms with Gasteiger partial charge in [-0.25, -0.2) is 0 Å². The van der Waals surface area contributed by atoms with Gasteiger partial charge in [-0.2, -0.15) is 0 Å². The maximum absolute atomic E-state index is 7.32. The van der Waals surface area contributed by atoms with Crippen molar-refractivity contribution in [1.82, 2.24) is 0 Å². The summed E-state index contributed by atoms with van der Waals surface area (Å²) < 4.78 is 1.75. The molecule has 3 heteroatoms. The van der Waals surface area contributed by atoms with Gasteiger partial charge in [0.25, 0.3) is 0 Å². The third-order valence-electron chi connectivity index (χ3n) is 0. The summed E-state index contributed by atoms with van der Waals surface area (Å²) in [6.45, 7) is 0. The Kier molecular flexibility index (Phi) is 20.3. The number of rotatable bonds is 0. The Morgan fingerprint density at radius 3 is 1.75 bits per heavy atom. The fourth-order valence-electron chi connectivity index (χ4n) is 0. The standard InChI is InChI=1S/CN.Au.Li/c1-2;;. The number of nitrogens with zero attached hydrogens (tertiary/aromatic N) is 1. The second-order valence-electron chi connectivity index (χ2n) is 0.224. The summed E-state index contributed by atoms with van der Waals surface area (Å²) in [4.78, 5) is 0. The van der Waals surface area contributed by atoms with E-state index < -0.39 is 0 Å². The van der Waals surface area contributed by atoms with Gasteiger partial charge in [-0.3, -0.25) is 0 Å². The van der Waals surface area contributed by atoms with Crippen LogP contribution in [0.1, 0.15) is 0 Å². The molecule has 0 saturated heterocycles. The second kappa shape index (κ2) is 9.16. The Morgan fingerprint density at radius 1 is 1.75 bits per heavy atom. The van der Waals surface area contributed by atoms with Crippen molar-refractivity contribution in [1.29, 1.82) is 5.26 Å². The van der Waals surface area contributed by atoms with Gasteiger partial charge in [0, 0.05) is 22.4 Å². The summed E-state index contributed by atoms with van der Waals surface area (Å²) in [7, 11) is 0. The van der Waals surface area contributed by atoms with Gasteiger partial charge in [-0.15, -0.1) is 0 Å². The van der Waals surface area contributed by atoms with E-state index in [1.807, 2.05) is 0 Å². The Balaban J connectivity index is 0. The molecule has 0 fully saturated rings. The molecule has 0 unspecified atom stereocenters. The molecule has 0 heterocycles. The van der Waals surface area contributed by atoms with Gasteiger partial charge in [0.15, 0.2) is 0 Å². The molecule has 0 saturated carbocycles. The molecule has 0 aliphatic rings. The minimum absolute atomic E-state index is 0. The Bertz CT molecular complexity index is 29.5. The van der Waals surface area contributed by atoms with E-state index in [9.17, 15) is 0 Å². The normalized spacial score (nSPS) is 2.25. The molecule has 0 N–H and O–H groups in total. The van der Waals surface area contributed by atoms with Gasteiger partial charge in [0.05, 0.1) is 0 Å². The zero-order valence-corrected chi connectivity index (χ0v) is 4.42. The fourth-order valence-corrected chi connectivity index (χ4v) is 0. The van der Waals surface area contributed by atoms with Crippen LogP contribution >= 0.6 is 0 Å². The van der Waals surface area contributed by atoms with Gasteiger partial charge >= 0.3 is 27.7 Å². The third-order valence-corrected chi connectivity index (χ3v) is 0. The number of nitriles is 1. The summed E-state index contributed by atoms with van der Waals surface area (Å²) in [6.07, 6.45) is 0. The minimum atomic E-state index is 0. The molecule has 0 aromatic carbocycles. The van der Waals surface area contributed by atoms with Crippen molar-refractivity contribution in [3.05, 3.63) is 0 Å². The summed E-state index contributed by atoms with van der Waals surface area (Å²) in [5, 5.41) is 7.32. The Hall–Kier alpha value is 0.828. The summed E-state index contributed by atoms with van der Waals surface area (Å²) in [5.74, 6) is 0. The molecular formula is CAuLiN. The van der Waals surface area contributed by atoms with E-state index in [0.717, 1.165) is 0 Å². The van der Waals surface area contributed by atoms with Crippen LogP contribution in [-0.2, 0) is 22.4 Å². The van der Waals surface area contributed by atoms with Crippen LogP contribution in [0.15, 0.2) is 0 Å². The van der Waals surface area contributed by atoms with Crippen LogP contribution < -0.4 is 0 Å². The molecule has 0 aromatic heterocycles. The topological polar surface area (TPSA) is 23.8 Å².